The third-order valence-corrected chi connectivity index (χ3v) is 6.09. The van der Waals surface area contributed by atoms with Gasteiger partial charge in [-0.1, -0.05) is 18.2 Å². The minimum Gasteiger partial charge on any atom is -0.369 e. The molecule has 1 aliphatic heterocycles. The Morgan fingerprint density at radius 2 is 1.69 bits per heavy atom. The van der Waals surface area contributed by atoms with Crippen LogP contribution in [0.15, 0.2) is 67.0 Å². The van der Waals surface area contributed by atoms with E-state index >= 15 is 0 Å². The first-order chi connectivity index (χ1) is 17.0. The predicted molar refractivity (Wildman–Crippen MR) is 132 cm³/mol. The van der Waals surface area contributed by atoms with E-state index in [2.05, 4.69) is 30.5 Å². The number of alkyl halides is 3. The number of likely N-dealkylation sites (tertiary alicyclic amines) is 1. The van der Waals surface area contributed by atoms with Crippen molar-refractivity contribution < 1.29 is 13.2 Å². The van der Waals surface area contributed by atoms with Gasteiger partial charge in [0.15, 0.2) is 0 Å². The van der Waals surface area contributed by atoms with E-state index in [0.717, 1.165) is 53.1 Å². The van der Waals surface area contributed by atoms with Crippen LogP contribution in [0.25, 0.3) is 22.0 Å². The molecular weight excluding hydrogens is 453 g/mol. The van der Waals surface area contributed by atoms with Crippen molar-refractivity contribution in [2.45, 2.75) is 19.0 Å². The number of anilines is 3. The quantitative estimate of drug-likeness (QED) is 0.342. The maximum absolute atomic E-state index is 12.8. The molecule has 5 rings (SSSR count). The number of fused-ring (bicyclic) bond motifs is 1. The fourth-order valence-corrected chi connectivity index (χ4v) is 4.23. The van der Waals surface area contributed by atoms with E-state index in [1.165, 1.54) is 38.1 Å². The zero-order valence-electron chi connectivity index (χ0n) is 19.0. The summed E-state index contributed by atoms with van der Waals surface area (Å²) in [6, 6.07) is 14.6. The highest BCUT2D eigenvalue weighted by Gasteiger charge is 2.29. The molecule has 0 aliphatic carbocycles. The van der Waals surface area contributed by atoms with E-state index in [1.54, 1.807) is 6.20 Å². The molecule has 0 spiro atoms. The Bertz CT molecular complexity index is 1280. The standard InChI is InChI=1S/C26H25F3N6/c27-26(28,29)20-7-9-21(10-8-20)33-25-32-17-19-4-3-5-22(24(19)34-25)18-6-11-23(31-16-18)30-12-15-35-13-1-2-14-35/h3-11,16-17H,1-2,12-15H2,(H,30,31)(H,32,33,34). The van der Waals surface area contributed by atoms with Gasteiger partial charge in [-0.2, -0.15) is 13.2 Å². The van der Waals surface area contributed by atoms with E-state index in [0.29, 0.717) is 11.6 Å². The van der Waals surface area contributed by atoms with Crippen molar-refractivity contribution in [1.29, 1.82) is 0 Å². The summed E-state index contributed by atoms with van der Waals surface area (Å²) in [4.78, 5) is 16.0. The van der Waals surface area contributed by atoms with Crippen LogP contribution in [0.5, 0.6) is 0 Å². The van der Waals surface area contributed by atoms with Gasteiger partial charge in [-0.15, -0.1) is 0 Å². The van der Waals surface area contributed by atoms with Crippen LogP contribution in [0, 0.1) is 0 Å². The Morgan fingerprint density at radius 1 is 0.886 bits per heavy atom. The molecule has 0 saturated carbocycles. The average molecular weight is 479 g/mol. The molecule has 9 heteroatoms. The lowest BCUT2D eigenvalue weighted by Gasteiger charge is -2.15. The average Bonchev–Trinajstić information content (AvgIpc) is 3.38. The monoisotopic (exact) mass is 478 g/mol. The van der Waals surface area contributed by atoms with Crippen LogP contribution in [-0.2, 0) is 6.18 Å². The highest BCUT2D eigenvalue weighted by molar-refractivity contribution is 5.93. The van der Waals surface area contributed by atoms with Crippen molar-refractivity contribution in [2.75, 3.05) is 36.8 Å². The third kappa shape index (κ3) is 5.51. The smallest absolute Gasteiger partial charge is 0.369 e. The Hall–Kier alpha value is -3.72. The van der Waals surface area contributed by atoms with Crippen LogP contribution in [0.3, 0.4) is 0 Å². The maximum Gasteiger partial charge on any atom is 0.416 e. The summed E-state index contributed by atoms with van der Waals surface area (Å²) in [5, 5.41) is 7.22. The van der Waals surface area contributed by atoms with E-state index in [1.807, 2.05) is 36.5 Å². The van der Waals surface area contributed by atoms with Crippen molar-refractivity contribution in [3.8, 4) is 11.1 Å². The van der Waals surface area contributed by atoms with Gasteiger partial charge < -0.3 is 15.5 Å². The van der Waals surface area contributed by atoms with Crippen molar-refractivity contribution >= 4 is 28.4 Å². The van der Waals surface area contributed by atoms with Crippen molar-refractivity contribution in [2.24, 2.45) is 0 Å². The van der Waals surface area contributed by atoms with E-state index in [-0.39, 0.29) is 0 Å². The van der Waals surface area contributed by atoms with Gasteiger partial charge >= 0.3 is 6.18 Å². The van der Waals surface area contributed by atoms with Gasteiger partial charge in [-0.3, -0.25) is 0 Å². The number of para-hydroxylation sites is 1. The van der Waals surface area contributed by atoms with Gasteiger partial charge in [0, 0.05) is 47.7 Å². The van der Waals surface area contributed by atoms with Gasteiger partial charge in [-0.05, 0) is 62.3 Å². The van der Waals surface area contributed by atoms with Gasteiger partial charge in [0.05, 0.1) is 11.1 Å². The molecule has 35 heavy (non-hydrogen) atoms. The zero-order valence-corrected chi connectivity index (χ0v) is 19.0. The van der Waals surface area contributed by atoms with Gasteiger partial charge in [-0.25, -0.2) is 15.0 Å². The van der Waals surface area contributed by atoms with Crippen LogP contribution in [0.4, 0.5) is 30.6 Å². The molecule has 4 aromatic rings. The predicted octanol–water partition coefficient (Wildman–Crippen LogP) is 5.96. The van der Waals surface area contributed by atoms with Crippen molar-refractivity contribution in [3.63, 3.8) is 0 Å². The van der Waals surface area contributed by atoms with Crippen molar-refractivity contribution in [3.05, 3.63) is 72.6 Å². The fraction of sp³-hybridized carbons (Fsp3) is 0.269. The number of hydrogen-bond acceptors (Lipinski definition) is 6. The molecule has 1 aliphatic rings. The van der Waals surface area contributed by atoms with Gasteiger partial charge in [0.2, 0.25) is 5.95 Å². The lowest BCUT2D eigenvalue weighted by atomic mass is 10.0. The first kappa shape index (κ1) is 23.0. The maximum atomic E-state index is 12.8. The fourth-order valence-electron chi connectivity index (χ4n) is 4.23. The second-order valence-corrected chi connectivity index (χ2v) is 8.54. The molecule has 0 bridgehead atoms. The molecule has 180 valence electrons. The van der Waals surface area contributed by atoms with Gasteiger partial charge in [0.25, 0.3) is 0 Å². The summed E-state index contributed by atoms with van der Waals surface area (Å²) in [5.41, 5.74) is 2.32. The van der Waals surface area contributed by atoms with E-state index in [4.69, 9.17) is 0 Å². The molecule has 0 atom stereocenters. The zero-order chi connectivity index (χ0) is 24.3. The highest BCUT2D eigenvalue weighted by atomic mass is 19.4. The van der Waals surface area contributed by atoms with Crippen LogP contribution in [0.2, 0.25) is 0 Å². The molecule has 0 radical (unpaired) electrons. The number of aromatic nitrogens is 3. The molecule has 2 N–H and O–H groups in total. The largest absolute Gasteiger partial charge is 0.416 e. The summed E-state index contributed by atoms with van der Waals surface area (Å²) in [6.45, 7) is 4.21. The molecule has 0 amide bonds. The number of nitrogens with one attached hydrogen (secondary N) is 2. The molecule has 6 nitrogen and oxygen atoms in total. The SMILES string of the molecule is FC(F)(F)c1ccc(Nc2ncc3cccc(-c4ccc(NCCN5CCCC5)nc4)c3n2)cc1. The topological polar surface area (TPSA) is 66.0 Å². The summed E-state index contributed by atoms with van der Waals surface area (Å²) in [6.07, 6.45) is 1.70. The summed E-state index contributed by atoms with van der Waals surface area (Å²) in [5.74, 6) is 1.13. The Morgan fingerprint density at radius 3 is 2.40 bits per heavy atom. The first-order valence-corrected chi connectivity index (χ1v) is 11.6. The van der Waals surface area contributed by atoms with E-state index < -0.39 is 11.7 Å². The second-order valence-electron chi connectivity index (χ2n) is 8.54. The second kappa shape index (κ2) is 9.87. The third-order valence-electron chi connectivity index (χ3n) is 6.09. The summed E-state index contributed by atoms with van der Waals surface area (Å²) >= 11 is 0. The lowest BCUT2D eigenvalue weighted by molar-refractivity contribution is -0.137. The molecule has 3 heterocycles. The molecule has 2 aromatic heterocycles. The number of hydrogen-bond donors (Lipinski definition) is 2. The summed E-state index contributed by atoms with van der Waals surface area (Å²) < 4.78 is 38.5. The summed E-state index contributed by atoms with van der Waals surface area (Å²) in [7, 11) is 0. The number of pyridine rings is 1. The normalized spacial score (nSPS) is 14.4. The van der Waals surface area contributed by atoms with Crippen molar-refractivity contribution in [1.82, 2.24) is 19.9 Å². The van der Waals surface area contributed by atoms with Crippen LogP contribution in [-0.4, -0.2) is 46.0 Å². The Balaban J connectivity index is 1.32. The first-order valence-electron chi connectivity index (χ1n) is 11.6. The Kier molecular flexibility index (Phi) is 6.50. The molecular formula is C26H25F3N6. The van der Waals surface area contributed by atoms with Gasteiger partial charge in [0.1, 0.15) is 5.82 Å². The minimum absolute atomic E-state index is 0.304. The molecule has 1 fully saturated rings. The number of benzene rings is 2. The molecule has 1 saturated heterocycles. The molecule has 0 unspecified atom stereocenters. The van der Waals surface area contributed by atoms with Crippen LogP contribution < -0.4 is 10.6 Å². The number of rotatable bonds is 7. The number of halogens is 3. The highest BCUT2D eigenvalue weighted by Crippen LogP contribution is 2.31. The van der Waals surface area contributed by atoms with Crippen LogP contribution in [0.1, 0.15) is 18.4 Å². The lowest BCUT2D eigenvalue weighted by Crippen LogP contribution is -2.26. The number of nitrogens with zero attached hydrogens (tertiary/aromatic N) is 4. The molecule has 2 aromatic carbocycles. The Labute approximate surface area is 201 Å². The van der Waals surface area contributed by atoms with E-state index in [9.17, 15) is 13.2 Å². The van der Waals surface area contributed by atoms with Crippen LogP contribution >= 0.6 is 0 Å². The minimum atomic E-state index is -4.38.